The summed E-state index contributed by atoms with van der Waals surface area (Å²) >= 11 is 1.57. The van der Waals surface area contributed by atoms with E-state index in [9.17, 15) is 4.79 Å². The second kappa shape index (κ2) is 6.46. The van der Waals surface area contributed by atoms with E-state index in [2.05, 4.69) is 20.3 Å². The first kappa shape index (κ1) is 15.8. The lowest BCUT2D eigenvalue weighted by molar-refractivity contribution is -0.141. The third-order valence-corrected chi connectivity index (χ3v) is 4.64. The highest BCUT2D eigenvalue weighted by Crippen LogP contribution is 2.51. The lowest BCUT2D eigenvalue weighted by Gasteiger charge is -2.14. The summed E-state index contributed by atoms with van der Waals surface area (Å²) in [6.45, 7) is 0. The van der Waals surface area contributed by atoms with Gasteiger partial charge in [-0.3, -0.25) is 4.79 Å². The topological polar surface area (TPSA) is 80.2 Å². The summed E-state index contributed by atoms with van der Waals surface area (Å²) in [6.07, 6.45) is 2.58. The molecule has 1 aromatic heterocycles. The van der Waals surface area contributed by atoms with E-state index in [0.29, 0.717) is 23.5 Å². The predicted molar refractivity (Wildman–Crippen MR) is 82.7 cm³/mol. The highest BCUT2D eigenvalue weighted by atomic mass is 32.2. The number of methoxy groups -OCH3 is 1. The van der Waals surface area contributed by atoms with Gasteiger partial charge < -0.3 is 15.0 Å². The van der Waals surface area contributed by atoms with E-state index < -0.39 is 0 Å². The van der Waals surface area contributed by atoms with Crippen molar-refractivity contribution in [3.8, 4) is 0 Å². The predicted octanol–water partition coefficient (Wildman–Crippen LogP) is 1.41. The van der Waals surface area contributed by atoms with Crippen LogP contribution in [0.2, 0.25) is 0 Å². The van der Waals surface area contributed by atoms with E-state index in [-0.39, 0.29) is 11.4 Å². The Morgan fingerprint density at radius 3 is 2.62 bits per heavy atom. The van der Waals surface area contributed by atoms with Gasteiger partial charge in [0.1, 0.15) is 0 Å². The van der Waals surface area contributed by atoms with Crippen LogP contribution in [-0.4, -0.2) is 54.9 Å². The maximum Gasteiger partial charge on any atom is 0.306 e. The fourth-order valence-electron chi connectivity index (χ4n) is 1.87. The molecule has 0 unspecified atom stereocenters. The van der Waals surface area contributed by atoms with E-state index >= 15 is 0 Å². The molecule has 0 aliphatic heterocycles. The number of hydrogen-bond donors (Lipinski definition) is 1. The van der Waals surface area contributed by atoms with Crippen LogP contribution in [0.25, 0.3) is 0 Å². The number of aromatic nitrogens is 3. The summed E-state index contributed by atoms with van der Waals surface area (Å²) in [5.41, 5.74) is 0.0580. The van der Waals surface area contributed by atoms with Gasteiger partial charge in [0.2, 0.25) is 11.9 Å². The summed E-state index contributed by atoms with van der Waals surface area (Å²) in [6, 6.07) is 0. The zero-order valence-corrected chi connectivity index (χ0v) is 13.7. The third-order valence-electron chi connectivity index (χ3n) is 3.44. The molecule has 116 valence electrons. The number of anilines is 2. The van der Waals surface area contributed by atoms with Crippen LogP contribution in [0.4, 0.5) is 11.9 Å². The molecule has 1 aromatic rings. The average Bonchev–Trinajstić information content (AvgIpc) is 3.24. The van der Waals surface area contributed by atoms with Gasteiger partial charge in [0.05, 0.1) is 13.5 Å². The summed E-state index contributed by atoms with van der Waals surface area (Å²) < 4.78 is 4.76. The van der Waals surface area contributed by atoms with Crippen molar-refractivity contribution in [1.29, 1.82) is 0 Å². The van der Waals surface area contributed by atoms with E-state index in [0.717, 1.165) is 18.6 Å². The molecule has 2 rings (SSSR count). The maximum atomic E-state index is 11.4. The molecule has 0 spiro atoms. The minimum absolute atomic E-state index is 0.0580. The van der Waals surface area contributed by atoms with E-state index in [1.807, 2.05) is 19.0 Å². The van der Waals surface area contributed by atoms with Gasteiger partial charge >= 0.3 is 5.97 Å². The molecule has 7 nitrogen and oxygen atoms in total. The quantitative estimate of drug-likeness (QED) is 0.598. The summed E-state index contributed by atoms with van der Waals surface area (Å²) in [5.74, 6) is 1.85. The number of carbonyl (C=O) groups excluding carboxylic acids is 1. The molecule has 8 heteroatoms. The molecule has 0 bridgehead atoms. The Balaban J connectivity index is 2.03. The Hall–Kier alpha value is -1.57. The van der Waals surface area contributed by atoms with Crippen LogP contribution >= 0.6 is 11.8 Å². The van der Waals surface area contributed by atoms with Crippen molar-refractivity contribution < 1.29 is 9.53 Å². The van der Waals surface area contributed by atoms with Gasteiger partial charge in [-0.15, -0.1) is 0 Å². The Morgan fingerprint density at radius 2 is 2.10 bits per heavy atom. The van der Waals surface area contributed by atoms with Crippen LogP contribution < -0.4 is 10.2 Å². The first-order valence-electron chi connectivity index (χ1n) is 6.79. The molecule has 1 N–H and O–H groups in total. The van der Waals surface area contributed by atoms with Crippen LogP contribution in [0.3, 0.4) is 0 Å². The van der Waals surface area contributed by atoms with Gasteiger partial charge in [0, 0.05) is 26.9 Å². The van der Waals surface area contributed by atoms with Crippen LogP contribution in [0.1, 0.15) is 19.3 Å². The van der Waals surface area contributed by atoms with Crippen molar-refractivity contribution in [3.05, 3.63) is 0 Å². The summed E-state index contributed by atoms with van der Waals surface area (Å²) in [4.78, 5) is 26.3. The molecule has 0 aromatic carbocycles. The largest absolute Gasteiger partial charge is 0.469 e. The maximum absolute atomic E-state index is 11.4. The number of carbonyl (C=O) groups is 1. The molecule has 1 heterocycles. The molecule has 1 saturated carbocycles. The van der Waals surface area contributed by atoms with Crippen molar-refractivity contribution in [2.45, 2.75) is 24.4 Å². The van der Waals surface area contributed by atoms with Crippen LogP contribution in [0.5, 0.6) is 0 Å². The van der Waals surface area contributed by atoms with Gasteiger partial charge in [-0.1, -0.05) is 11.8 Å². The molecule has 0 saturated heterocycles. The zero-order chi connectivity index (χ0) is 15.5. The highest BCUT2D eigenvalue weighted by Gasteiger charge is 2.44. The number of hydrogen-bond acceptors (Lipinski definition) is 8. The van der Waals surface area contributed by atoms with Gasteiger partial charge in [-0.25, -0.2) is 0 Å². The van der Waals surface area contributed by atoms with Gasteiger partial charge in [0.25, 0.3) is 0 Å². The molecule has 1 aliphatic rings. The first-order valence-corrected chi connectivity index (χ1v) is 7.77. The molecule has 21 heavy (non-hydrogen) atoms. The number of nitrogens with one attached hydrogen (secondary N) is 1. The van der Waals surface area contributed by atoms with Crippen LogP contribution in [0.15, 0.2) is 5.16 Å². The number of rotatable bonds is 7. The van der Waals surface area contributed by atoms with Crippen LogP contribution in [0, 0.1) is 5.41 Å². The highest BCUT2D eigenvalue weighted by molar-refractivity contribution is 7.99. The summed E-state index contributed by atoms with van der Waals surface area (Å²) in [7, 11) is 6.99. The Labute approximate surface area is 128 Å². The second-order valence-electron chi connectivity index (χ2n) is 5.43. The zero-order valence-electron chi connectivity index (χ0n) is 12.8. The lowest BCUT2D eigenvalue weighted by atomic mass is 10.1. The van der Waals surface area contributed by atoms with Crippen LogP contribution in [-0.2, 0) is 9.53 Å². The number of ether oxygens (including phenoxy) is 1. The standard InChI is InChI=1S/C13H21N5O2S/c1-14-10-15-11(18(2)3)17-12(16-10)21-8-13(5-6-13)7-9(19)20-4/h5-8H2,1-4H3,(H,14,15,16,17). The van der Waals surface area contributed by atoms with Crippen molar-refractivity contribution >= 4 is 29.6 Å². The Kier molecular flexibility index (Phi) is 4.87. The van der Waals surface area contributed by atoms with E-state index in [1.54, 1.807) is 18.8 Å². The summed E-state index contributed by atoms with van der Waals surface area (Å²) in [5, 5.41) is 3.62. The van der Waals surface area contributed by atoms with Gasteiger partial charge in [-0.05, 0) is 18.3 Å². The fraction of sp³-hybridized carbons (Fsp3) is 0.692. The normalized spacial score (nSPS) is 15.4. The molecular formula is C13H21N5O2S. The number of nitrogens with zero attached hydrogens (tertiary/aromatic N) is 4. The minimum Gasteiger partial charge on any atom is -0.469 e. The van der Waals surface area contributed by atoms with Crippen molar-refractivity contribution in [2.24, 2.45) is 5.41 Å². The van der Waals surface area contributed by atoms with Crippen molar-refractivity contribution in [2.75, 3.05) is 44.2 Å². The van der Waals surface area contributed by atoms with E-state index in [1.165, 1.54) is 7.11 Å². The van der Waals surface area contributed by atoms with Crippen molar-refractivity contribution in [3.63, 3.8) is 0 Å². The average molecular weight is 311 g/mol. The molecule has 0 atom stereocenters. The smallest absolute Gasteiger partial charge is 0.306 e. The molecular weight excluding hydrogens is 290 g/mol. The fourth-order valence-corrected chi connectivity index (χ4v) is 2.99. The lowest BCUT2D eigenvalue weighted by Crippen LogP contribution is -2.16. The Bertz CT molecular complexity index is 519. The number of esters is 1. The monoisotopic (exact) mass is 311 g/mol. The molecule has 0 amide bonds. The molecule has 1 fully saturated rings. The van der Waals surface area contributed by atoms with Crippen molar-refractivity contribution in [1.82, 2.24) is 15.0 Å². The Morgan fingerprint density at radius 1 is 1.38 bits per heavy atom. The van der Waals surface area contributed by atoms with E-state index in [4.69, 9.17) is 4.74 Å². The third kappa shape index (κ3) is 4.20. The number of thioether (sulfide) groups is 1. The van der Waals surface area contributed by atoms with Gasteiger partial charge in [-0.2, -0.15) is 15.0 Å². The van der Waals surface area contributed by atoms with Gasteiger partial charge in [0.15, 0.2) is 5.16 Å². The SMILES string of the molecule is CNc1nc(SCC2(CC(=O)OC)CC2)nc(N(C)C)n1. The molecule has 0 radical (unpaired) electrons. The molecule has 1 aliphatic carbocycles. The minimum atomic E-state index is -0.145. The first-order chi connectivity index (χ1) is 9.98. The second-order valence-corrected chi connectivity index (χ2v) is 6.37.